The molecule has 0 spiro atoms. The van der Waals surface area contributed by atoms with E-state index in [1.807, 2.05) is 0 Å². The van der Waals surface area contributed by atoms with Gasteiger partial charge in [-0.1, -0.05) is 0 Å². The number of hydrogen-bond acceptors (Lipinski definition) is 5. The van der Waals surface area contributed by atoms with E-state index in [0.717, 1.165) is 18.9 Å². The second-order valence-electron chi connectivity index (χ2n) is 6.90. The molecule has 2 atom stereocenters. The van der Waals surface area contributed by atoms with Crippen LogP contribution in [0.5, 0.6) is 0 Å². The number of pyridine rings is 2. The number of nitrogens with zero attached hydrogens (tertiary/aromatic N) is 3. The van der Waals surface area contributed by atoms with Crippen LogP contribution < -0.4 is 16.1 Å². The molecule has 2 aromatic heterocycles. The molecule has 1 saturated carbocycles. The largest absolute Gasteiger partial charge is 0.477 e. The normalized spacial score (nSPS) is 23.0. The molecule has 0 amide bonds. The number of fused-ring (bicyclic) bond motifs is 1. The zero-order valence-corrected chi connectivity index (χ0v) is 13.9. The van der Waals surface area contributed by atoms with E-state index in [4.69, 9.17) is 5.73 Å². The molecule has 2 aliphatic rings. The lowest BCUT2D eigenvalue weighted by atomic mass is 10.1. The van der Waals surface area contributed by atoms with E-state index in [9.17, 15) is 23.5 Å². The summed E-state index contributed by atoms with van der Waals surface area (Å²) in [5.41, 5.74) is 4.59. The van der Waals surface area contributed by atoms with Gasteiger partial charge in [0.25, 0.3) is 0 Å². The summed E-state index contributed by atoms with van der Waals surface area (Å²) >= 11 is 0. The molecule has 0 unspecified atom stereocenters. The third kappa shape index (κ3) is 2.63. The summed E-state index contributed by atoms with van der Waals surface area (Å²) in [5.74, 6) is -2.56. The van der Waals surface area contributed by atoms with Crippen molar-refractivity contribution in [1.29, 1.82) is 0 Å². The molecule has 7 nitrogen and oxygen atoms in total. The molecule has 2 aromatic rings. The molecule has 138 valence electrons. The molecular weight excluding hydrogens is 346 g/mol. The fraction of sp³-hybridized carbons (Fsp3) is 0.471. The third-order valence-corrected chi connectivity index (χ3v) is 5.07. The Labute approximate surface area is 147 Å². The van der Waals surface area contributed by atoms with Crippen LogP contribution in [-0.2, 0) is 0 Å². The van der Waals surface area contributed by atoms with Gasteiger partial charge in [0.05, 0.1) is 11.9 Å². The van der Waals surface area contributed by atoms with Crippen molar-refractivity contribution < 1.29 is 18.7 Å². The Balaban J connectivity index is 1.89. The monoisotopic (exact) mass is 364 g/mol. The van der Waals surface area contributed by atoms with Gasteiger partial charge >= 0.3 is 5.97 Å². The Hall–Kier alpha value is -2.55. The number of hydrogen-bond donors (Lipinski definition) is 2. The van der Waals surface area contributed by atoms with Gasteiger partial charge < -0.3 is 20.3 Å². The van der Waals surface area contributed by atoms with Crippen LogP contribution in [0.4, 0.5) is 14.6 Å². The maximum absolute atomic E-state index is 14.6. The molecule has 9 heteroatoms. The minimum absolute atomic E-state index is 0.0157. The van der Waals surface area contributed by atoms with Crippen molar-refractivity contribution in [3.63, 3.8) is 0 Å². The van der Waals surface area contributed by atoms with Crippen molar-refractivity contribution in [1.82, 2.24) is 9.55 Å². The van der Waals surface area contributed by atoms with E-state index in [0.29, 0.717) is 0 Å². The van der Waals surface area contributed by atoms with Crippen LogP contribution in [-0.4, -0.2) is 46.4 Å². The van der Waals surface area contributed by atoms with Crippen molar-refractivity contribution in [3.8, 4) is 0 Å². The van der Waals surface area contributed by atoms with Crippen LogP contribution in [0.2, 0.25) is 0 Å². The zero-order valence-electron chi connectivity index (χ0n) is 13.9. The number of alkyl halides is 1. The van der Waals surface area contributed by atoms with Gasteiger partial charge in [0, 0.05) is 24.7 Å². The lowest BCUT2D eigenvalue weighted by Gasteiger charge is -2.19. The topological polar surface area (TPSA) is 101 Å². The molecule has 3 N–H and O–H groups in total. The smallest absolute Gasteiger partial charge is 0.341 e. The molecular formula is C17H18F2N4O3. The summed E-state index contributed by atoms with van der Waals surface area (Å²) in [5, 5.41) is 9.17. The molecule has 1 aliphatic carbocycles. The maximum atomic E-state index is 14.6. The fourth-order valence-electron chi connectivity index (χ4n) is 3.47. The van der Waals surface area contributed by atoms with Gasteiger partial charge in [-0.3, -0.25) is 4.79 Å². The number of nitrogens with two attached hydrogens (primary N) is 1. The Morgan fingerprint density at radius 1 is 1.38 bits per heavy atom. The average molecular weight is 364 g/mol. The molecule has 0 bridgehead atoms. The second-order valence-corrected chi connectivity index (χ2v) is 6.90. The highest BCUT2D eigenvalue weighted by molar-refractivity contribution is 5.92. The first-order valence-electron chi connectivity index (χ1n) is 8.48. The third-order valence-electron chi connectivity index (χ3n) is 5.07. The van der Waals surface area contributed by atoms with Crippen LogP contribution in [0, 0.1) is 11.7 Å². The van der Waals surface area contributed by atoms with E-state index < -0.39 is 34.9 Å². The van der Waals surface area contributed by atoms with Crippen LogP contribution in [0.15, 0.2) is 17.1 Å². The number of anilines is 1. The van der Waals surface area contributed by atoms with E-state index >= 15 is 0 Å². The maximum Gasteiger partial charge on any atom is 0.341 e. The van der Waals surface area contributed by atoms with Crippen molar-refractivity contribution >= 4 is 22.8 Å². The van der Waals surface area contributed by atoms with Gasteiger partial charge in [-0.05, 0) is 25.5 Å². The van der Waals surface area contributed by atoms with Crippen molar-refractivity contribution in [2.75, 3.05) is 24.5 Å². The van der Waals surface area contributed by atoms with E-state index in [2.05, 4.69) is 4.98 Å². The Bertz CT molecular complexity index is 957. The van der Waals surface area contributed by atoms with E-state index in [1.165, 1.54) is 11.1 Å². The number of aromatic carboxylic acids is 1. The SMILES string of the molecule is NC[C@H]1CN(c2nc3c(cc2F)c(=O)c(C(=O)O)cn3C2CC2)C[C@@H]1F. The predicted octanol–water partition coefficient (Wildman–Crippen LogP) is 1.30. The minimum atomic E-state index is -1.36. The zero-order chi connectivity index (χ0) is 18.6. The van der Waals surface area contributed by atoms with E-state index in [-0.39, 0.29) is 42.5 Å². The van der Waals surface area contributed by atoms with Crippen LogP contribution >= 0.6 is 0 Å². The van der Waals surface area contributed by atoms with Crippen molar-refractivity contribution in [2.45, 2.75) is 25.1 Å². The quantitative estimate of drug-likeness (QED) is 0.848. The predicted molar refractivity (Wildman–Crippen MR) is 90.8 cm³/mol. The highest BCUT2D eigenvalue weighted by atomic mass is 19.1. The molecule has 1 saturated heterocycles. The Morgan fingerprint density at radius 2 is 2.12 bits per heavy atom. The number of aromatic nitrogens is 2. The Kier molecular flexibility index (Phi) is 3.91. The number of halogens is 2. The molecule has 3 heterocycles. The average Bonchev–Trinajstić information content (AvgIpc) is 3.37. The summed E-state index contributed by atoms with van der Waals surface area (Å²) in [6.07, 6.45) is 1.76. The van der Waals surface area contributed by atoms with Crippen LogP contribution in [0.3, 0.4) is 0 Å². The summed E-state index contributed by atoms with van der Waals surface area (Å²) in [4.78, 5) is 29.5. The van der Waals surface area contributed by atoms with Gasteiger partial charge in [0.2, 0.25) is 5.43 Å². The van der Waals surface area contributed by atoms with Crippen LogP contribution in [0.1, 0.15) is 29.2 Å². The lowest BCUT2D eigenvalue weighted by molar-refractivity contribution is 0.0695. The molecule has 4 rings (SSSR count). The van der Waals surface area contributed by atoms with Gasteiger partial charge in [-0.25, -0.2) is 18.6 Å². The molecule has 0 aromatic carbocycles. The molecule has 1 aliphatic heterocycles. The first-order valence-corrected chi connectivity index (χ1v) is 8.48. The van der Waals surface area contributed by atoms with Gasteiger partial charge in [0.15, 0.2) is 11.6 Å². The van der Waals surface area contributed by atoms with Gasteiger partial charge in [-0.2, -0.15) is 0 Å². The van der Waals surface area contributed by atoms with E-state index in [1.54, 1.807) is 4.57 Å². The first-order chi connectivity index (χ1) is 12.4. The van der Waals surface area contributed by atoms with Crippen LogP contribution in [0.25, 0.3) is 11.0 Å². The summed E-state index contributed by atoms with van der Waals surface area (Å²) < 4.78 is 30.3. The molecule has 26 heavy (non-hydrogen) atoms. The van der Waals surface area contributed by atoms with Gasteiger partial charge in [-0.15, -0.1) is 0 Å². The molecule has 2 fully saturated rings. The van der Waals surface area contributed by atoms with Gasteiger partial charge in [0.1, 0.15) is 17.4 Å². The summed E-state index contributed by atoms with van der Waals surface area (Å²) in [7, 11) is 0. The molecule has 0 radical (unpaired) electrons. The summed E-state index contributed by atoms with van der Waals surface area (Å²) in [6.45, 7) is 0.383. The number of rotatable bonds is 4. The minimum Gasteiger partial charge on any atom is -0.477 e. The first kappa shape index (κ1) is 16.9. The highest BCUT2D eigenvalue weighted by Crippen LogP contribution is 2.37. The highest BCUT2D eigenvalue weighted by Gasteiger charge is 2.35. The van der Waals surface area contributed by atoms with Crippen molar-refractivity contribution in [2.24, 2.45) is 11.7 Å². The van der Waals surface area contributed by atoms with Crippen molar-refractivity contribution in [3.05, 3.63) is 33.9 Å². The standard InChI is InChI=1S/C17H18F2N4O3/c18-12-3-10-14(24)11(17(25)26)6-23(9-1-2-9)15(10)21-16(12)22-5-8(4-20)13(19)7-22/h3,6,8-9,13H,1-2,4-5,7,20H2,(H,25,26)/t8-,13-/m0/s1. The Morgan fingerprint density at radius 3 is 2.69 bits per heavy atom. The fourth-order valence-corrected chi connectivity index (χ4v) is 3.47. The lowest BCUT2D eigenvalue weighted by Crippen LogP contribution is -2.26. The summed E-state index contributed by atoms with van der Waals surface area (Å²) in [6, 6.07) is 1.04. The number of carbonyl (C=O) groups is 1. The number of carboxylic acids is 1. The number of carboxylic acid groups (broad SMARTS) is 1. The second kappa shape index (κ2) is 6.01.